The first-order valence-corrected chi connectivity index (χ1v) is 11.3. The highest BCUT2D eigenvalue weighted by Gasteiger charge is 2.35. The summed E-state index contributed by atoms with van der Waals surface area (Å²) in [5, 5.41) is 12.9. The average molecular weight is 401 g/mol. The van der Waals surface area contributed by atoms with Crippen molar-refractivity contribution in [3.8, 4) is 0 Å². The number of hydrogen-bond donors (Lipinski definition) is 2. The second-order valence-corrected chi connectivity index (χ2v) is 9.11. The molecule has 7 nitrogen and oxygen atoms in total. The van der Waals surface area contributed by atoms with Crippen molar-refractivity contribution in [3.05, 3.63) is 41.7 Å². The van der Waals surface area contributed by atoms with Gasteiger partial charge in [-0.3, -0.25) is 0 Å². The lowest BCUT2D eigenvalue weighted by molar-refractivity contribution is -1.03. The lowest BCUT2D eigenvalue weighted by Crippen LogP contribution is -3.27. The Morgan fingerprint density at radius 1 is 1.14 bits per heavy atom. The summed E-state index contributed by atoms with van der Waals surface area (Å²) in [4.78, 5) is 3.32. The van der Waals surface area contributed by atoms with E-state index in [0.717, 1.165) is 44.8 Å². The van der Waals surface area contributed by atoms with E-state index in [2.05, 4.69) is 59.7 Å². The van der Waals surface area contributed by atoms with Crippen LogP contribution in [0.15, 0.2) is 30.3 Å². The van der Waals surface area contributed by atoms with Crippen LogP contribution in [0.2, 0.25) is 0 Å². The number of nitrogens with zero attached hydrogens (tertiary/aromatic N) is 4. The molecule has 0 saturated carbocycles. The van der Waals surface area contributed by atoms with Gasteiger partial charge in [0.25, 0.3) is 0 Å². The normalized spacial score (nSPS) is 26.1. The molecule has 2 fully saturated rings. The predicted octanol–water partition coefficient (Wildman–Crippen LogP) is -0.0771. The number of ether oxygens (including phenoxy) is 1. The van der Waals surface area contributed by atoms with Gasteiger partial charge in [0.2, 0.25) is 5.82 Å². The molecule has 3 heterocycles. The van der Waals surface area contributed by atoms with E-state index in [1.54, 1.807) is 9.80 Å². The molecule has 7 heteroatoms. The molecular formula is C22H36N6O+2. The third-order valence-electron chi connectivity index (χ3n) is 6.37. The van der Waals surface area contributed by atoms with Crippen LogP contribution >= 0.6 is 0 Å². The topological polar surface area (TPSA) is 61.7 Å². The van der Waals surface area contributed by atoms with E-state index in [1.807, 2.05) is 4.68 Å². The van der Waals surface area contributed by atoms with E-state index in [0.29, 0.717) is 12.0 Å². The van der Waals surface area contributed by atoms with Gasteiger partial charge >= 0.3 is 0 Å². The summed E-state index contributed by atoms with van der Waals surface area (Å²) in [6.07, 6.45) is 3.64. The van der Waals surface area contributed by atoms with Crippen LogP contribution in [0.3, 0.4) is 0 Å². The Bertz CT molecular complexity index is 735. The molecule has 2 aromatic rings. The van der Waals surface area contributed by atoms with E-state index in [9.17, 15) is 0 Å². The Labute approximate surface area is 174 Å². The SMILES string of the molecule is CC(C)C[C@H](c1nnnn1C[C@H]1CCCO1)[NH+]1CC[NH+](Cc2ccccc2)CC1. The number of aromatic nitrogens is 4. The minimum absolute atomic E-state index is 0.263. The molecular weight excluding hydrogens is 364 g/mol. The molecule has 2 aliphatic heterocycles. The fourth-order valence-corrected chi connectivity index (χ4v) is 4.83. The molecule has 2 N–H and O–H groups in total. The molecule has 2 atom stereocenters. The van der Waals surface area contributed by atoms with Crippen LogP contribution in [0.25, 0.3) is 0 Å². The summed E-state index contributed by atoms with van der Waals surface area (Å²) in [6.45, 7) is 12.1. The highest BCUT2D eigenvalue weighted by Crippen LogP contribution is 2.19. The third kappa shape index (κ3) is 5.41. The highest BCUT2D eigenvalue weighted by molar-refractivity contribution is 5.13. The Hall–Kier alpha value is -1.83. The fourth-order valence-electron chi connectivity index (χ4n) is 4.83. The molecule has 0 amide bonds. The van der Waals surface area contributed by atoms with Crippen molar-refractivity contribution in [3.63, 3.8) is 0 Å². The van der Waals surface area contributed by atoms with Crippen molar-refractivity contribution in [1.29, 1.82) is 0 Å². The van der Waals surface area contributed by atoms with E-state index < -0.39 is 0 Å². The van der Waals surface area contributed by atoms with Crippen LogP contribution in [0.4, 0.5) is 0 Å². The van der Waals surface area contributed by atoms with E-state index in [4.69, 9.17) is 4.74 Å². The number of nitrogens with one attached hydrogen (secondary N) is 2. The van der Waals surface area contributed by atoms with Crippen LogP contribution in [0, 0.1) is 5.92 Å². The van der Waals surface area contributed by atoms with Gasteiger partial charge in [0.15, 0.2) is 6.04 Å². The van der Waals surface area contributed by atoms with Gasteiger partial charge in [-0.05, 0) is 29.2 Å². The van der Waals surface area contributed by atoms with E-state index in [1.165, 1.54) is 31.7 Å². The van der Waals surface area contributed by atoms with Crippen molar-refractivity contribution in [2.24, 2.45) is 5.92 Å². The highest BCUT2D eigenvalue weighted by atomic mass is 16.5. The Morgan fingerprint density at radius 3 is 2.62 bits per heavy atom. The Morgan fingerprint density at radius 2 is 1.93 bits per heavy atom. The maximum atomic E-state index is 5.83. The molecule has 2 saturated heterocycles. The van der Waals surface area contributed by atoms with Crippen LogP contribution in [0.5, 0.6) is 0 Å². The maximum Gasteiger partial charge on any atom is 0.209 e. The molecule has 0 unspecified atom stereocenters. The molecule has 4 rings (SSSR count). The van der Waals surface area contributed by atoms with Gasteiger partial charge in [-0.25, -0.2) is 4.68 Å². The number of quaternary nitrogens is 2. The van der Waals surface area contributed by atoms with Gasteiger partial charge in [-0.15, -0.1) is 5.10 Å². The molecule has 0 bridgehead atoms. The summed E-state index contributed by atoms with van der Waals surface area (Å²) in [7, 11) is 0. The molecule has 0 aliphatic carbocycles. The second kappa shape index (κ2) is 9.78. The largest absolute Gasteiger partial charge is 0.376 e. The van der Waals surface area contributed by atoms with Crippen molar-refractivity contribution < 1.29 is 14.5 Å². The van der Waals surface area contributed by atoms with Crippen LogP contribution in [-0.2, 0) is 17.8 Å². The zero-order chi connectivity index (χ0) is 20.1. The van der Waals surface area contributed by atoms with Crippen molar-refractivity contribution in [2.75, 3.05) is 32.8 Å². The number of rotatable bonds is 8. The van der Waals surface area contributed by atoms with Crippen LogP contribution in [0.1, 0.15) is 50.5 Å². The minimum Gasteiger partial charge on any atom is -0.376 e. The fraction of sp³-hybridized carbons (Fsp3) is 0.682. The summed E-state index contributed by atoms with van der Waals surface area (Å²) in [5.41, 5.74) is 1.44. The Balaban J connectivity index is 1.41. The average Bonchev–Trinajstić information content (AvgIpc) is 3.40. The zero-order valence-corrected chi connectivity index (χ0v) is 17.9. The number of benzene rings is 1. The summed E-state index contributed by atoms with van der Waals surface area (Å²) in [5.74, 6) is 1.67. The predicted molar refractivity (Wildman–Crippen MR) is 111 cm³/mol. The minimum atomic E-state index is 0.263. The molecule has 1 aromatic heterocycles. The maximum absolute atomic E-state index is 5.83. The van der Waals surface area contributed by atoms with Gasteiger partial charge in [0.05, 0.1) is 12.6 Å². The smallest absolute Gasteiger partial charge is 0.209 e. The van der Waals surface area contributed by atoms with Crippen molar-refractivity contribution >= 4 is 0 Å². The summed E-state index contributed by atoms with van der Waals surface area (Å²) >= 11 is 0. The summed E-state index contributed by atoms with van der Waals surface area (Å²) in [6, 6.07) is 11.2. The van der Waals surface area contributed by atoms with Crippen LogP contribution in [-0.4, -0.2) is 59.1 Å². The van der Waals surface area contributed by atoms with Gasteiger partial charge < -0.3 is 14.5 Å². The van der Waals surface area contributed by atoms with Gasteiger partial charge in [-0.2, -0.15) is 0 Å². The first kappa shape index (κ1) is 20.4. The Kier molecular flexibility index (Phi) is 6.90. The number of piperazine rings is 1. The zero-order valence-electron chi connectivity index (χ0n) is 17.9. The lowest BCUT2D eigenvalue weighted by Gasteiger charge is -2.34. The van der Waals surface area contributed by atoms with Gasteiger partial charge in [0.1, 0.15) is 32.7 Å². The van der Waals surface area contributed by atoms with Crippen molar-refractivity contribution in [2.45, 2.75) is 58.3 Å². The quantitative estimate of drug-likeness (QED) is 0.651. The second-order valence-electron chi connectivity index (χ2n) is 9.11. The molecule has 158 valence electrons. The standard InChI is InChI=1S/C22H34N6O/c1-18(2)15-21(22-23-24-25-28(22)17-20-9-6-14-29-20)27-12-10-26(11-13-27)16-19-7-4-3-5-8-19/h3-5,7-8,18,20-21H,6,9-17H2,1-2H3/p+2/t20-,21-/m1/s1. The lowest BCUT2D eigenvalue weighted by atomic mass is 10.0. The van der Waals surface area contributed by atoms with Gasteiger partial charge in [-0.1, -0.05) is 44.2 Å². The number of tetrazole rings is 1. The molecule has 0 radical (unpaired) electrons. The van der Waals surface area contributed by atoms with E-state index >= 15 is 0 Å². The molecule has 1 aromatic carbocycles. The van der Waals surface area contributed by atoms with Gasteiger partial charge in [0, 0.05) is 18.6 Å². The van der Waals surface area contributed by atoms with Crippen LogP contribution < -0.4 is 9.80 Å². The third-order valence-corrected chi connectivity index (χ3v) is 6.37. The molecule has 2 aliphatic rings. The van der Waals surface area contributed by atoms with E-state index in [-0.39, 0.29) is 6.10 Å². The van der Waals surface area contributed by atoms with Crippen molar-refractivity contribution in [1.82, 2.24) is 20.2 Å². The molecule has 0 spiro atoms. The first-order chi connectivity index (χ1) is 14.2. The first-order valence-electron chi connectivity index (χ1n) is 11.3. The number of hydrogen-bond acceptors (Lipinski definition) is 4. The monoisotopic (exact) mass is 400 g/mol. The molecule has 29 heavy (non-hydrogen) atoms. The summed E-state index contributed by atoms with van der Waals surface area (Å²) < 4.78 is 7.86.